The molecule has 2 aliphatic carbocycles. The van der Waals surface area contributed by atoms with E-state index in [0.717, 1.165) is 12.8 Å². The number of nitrogens with one attached hydrogen (secondary N) is 1. The summed E-state index contributed by atoms with van der Waals surface area (Å²) in [5, 5.41) is 19.9. The molecule has 3 aromatic rings. The first kappa shape index (κ1) is 17.9. The fourth-order valence-corrected chi connectivity index (χ4v) is 4.29. The van der Waals surface area contributed by atoms with Crippen LogP contribution < -0.4 is 5.32 Å². The van der Waals surface area contributed by atoms with Crippen molar-refractivity contribution in [3.63, 3.8) is 0 Å². The molecule has 1 aromatic heterocycles. The second kappa shape index (κ2) is 7.33. The molecule has 29 heavy (non-hydrogen) atoms. The van der Waals surface area contributed by atoms with Gasteiger partial charge in [0.1, 0.15) is 12.3 Å². The number of aliphatic hydroxyl groups is 1. The summed E-state index contributed by atoms with van der Waals surface area (Å²) in [6.07, 6.45) is 2.91. The minimum Gasteiger partial charge on any atom is -0.449 e. The first-order chi connectivity index (χ1) is 14.2. The van der Waals surface area contributed by atoms with Crippen molar-refractivity contribution in [2.24, 2.45) is 0 Å². The molecule has 0 aliphatic heterocycles. The van der Waals surface area contributed by atoms with E-state index < -0.39 is 0 Å². The van der Waals surface area contributed by atoms with E-state index >= 15 is 0 Å². The van der Waals surface area contributed by atoms with Gasteiger partial charge in [0.2, 0.25) is 0 Å². The predicted octanol–water partition coefficient (Wildman–Crippen LogP) is 3.01. The zero-order valence-corrected chi connectivity index (χ0v) is 15.9. The zero-order chi connectivity index (χ0) is 19.8. The molecular formula is C22H22N4O3. The number of hydrogen-bond acceptors (Lipinski definition) is 5. The lowest BCUT2D eigenvalue weighted by Gasteiger charge is -2.35. The van der Waals surface area contributed by atoms with Crippen LogP contribution in [0.2, 0.25) is 0 Å². The Morgan fingerprint density at radius 2 is 1.76 bits per heavy atom. The largest absolute Gasteiger partial charge is 0.449 e. The van der Waals surface area contributed by atoms with E-state index in [1.165, 1.54) is 22.3 Å². The fourth-order valence-electron chi connectivity index (χ4n) is 4.29. The van der Waals surface area contributed by atoms with Gasteiger partial charge < -0.3 is 15.2 Å². The van der Waals surface area contributed by atoms with Gasteiger partial charge in [-0.1, -0.05) is 53.7 Å². The number of benzene rings is 2. The molecule has 7 heteroatoms. The second-order valence-corrected chi connectivity index (χ2v) is 7.64. The van der Waals surface area contributed by atoms with E-state index in [9.17, 15) is 4.79 Å². The highest BCUT2D eigenvalue weighted by Gasteiger charge is 2.34. The second-order valence-electron chi connectivity index (χ2n) is 7.64. The SMILES string of the molecule is O=C(NC1CC(n2cc(CO)nn2)C1)OCC1c2ccccc2-c2ccccc21. The van der Waals surface area contributed by atoms with Gasteiger partial charge in [-0.05, 0) is 35.1 Å². The number of nitrogens with zero attached hydrogens (tertiary/aromatic N) is 3. The monoisotopic (exact) mass is 390 g/mol. The lowest BCUT2D eigenvalue weighted by molar-refractivity contribution is 0.124. The summed E-state index contributed by atoms with van der Waals surface area (Å²) in [5.41, 5.74) is 5.40. The molecule has 0 unspecified atom stereocenters. The van der Waals surface area contributed by atoms with Crippen LogP contribution in [0.25, 0.3) is 11.1 Å². The Morgan fingerprint density at radius 1 is 1.10 bits per heavy atom. The summed E-state index contributed by atoms with van der Waals surface area (Å²) in [6, 6.07) is 16.8. The van der Waals surface area contributed by atoms with Crippen molar-refractivity contribution in [1.29, 1.82) is 0 Å². The van der Waals surface area contributed by atoms with Crippen LogP contribution in [0.4, 0.5) is 4.79 Å². The van der Waals surface area contributed by atoms with Gasteiger partial charge in [-0.3, -0.25) is 0 Å². The van der Waals surface area contributed by atoms with Crippen LogP contribution in [0.1, 0.15) is 41.6 Å². The van der Waals surface area contributed by atoms with Crippen molar-refractivity contribution >= 4 is 6.09 Å². The van der Waals surface area contributed by atoms with Gasteiger partial charge in [-0.15, -0.1) is 5.10 Å². The first-order valence-electron chi connectivity index (χ1n) is 9.86. The Kier molecular flexibility index (Phi) is 4.52. The molecule has 0 spiro atoms. The standard InChI is InChI=1S/C22H22N4O3/c27-12-15-11-26(25-24-15)16-9-14(10-16)23-22(28)29-13-21-19-7-3-1-5-17(19)18-6-2-4-8-20(18)21/h1-8,11,14,16,21,27H,9-10,12-13H2,(H,23,28). The molecule has 0 radical (unpaired) electrons. The Bertz CT molecular complexity index is 996. The lowest BCUT2D eigenvalue weighted by Crippen LogP contribution is -2.45. The highest BCUT2D eigenvalue weighted by molar-refractivity contribution is 5.79. The number of carbonyl (C=O) groups is 1. The Hall–Kier alpha value is -3.19. The van der Waals surface area contributed by atoms with Gasteiger partial charge in [-0.2, -0.15) is 0 Å². The maximum absolute atomic E-state index is 12.3. The average Bonchev–Trinajstić information content (AvgIpc) is 3.31. The number of aliphatic hydroxyl groups excluding tert-OH is 1. The molecule has 1 fully saturated rings. The molecule has 148 valence electrons. The lowest BCUT2D eigenvalue weighted by atomic mass is 9.87. The number of aromatic nitrogens is 3. The number of fused-ring (bicyclic) bond motifs is 3. The Morgan fingerprint density at radius 3 is 2.38 bits per heavy atom. The van der Waals surface area contributed by atoms with E-state index in [1.54, 1.807) is 10.9 Å². The maximum Gasteiger partial charge on any atom is 0.407 e. The van der Waals surface area contributed by atoms with E-state index in [1.807, 2.05) is 24.3 Å². The number of ether oxygens (including phenoxy) is 1. The van der Waals surface area contributed by atoms with Gasteiger partial charge in [0.25, 0.3) is 0 Å². The topological polar surface area (TPSA) is 89.3 Å². The van der Waals surface area contributed by atoms with Gasteiger partial charge in [0.05, 0.1) is 18.8 Å². The summed E-state index contributed by atoms with van der Waals surface area (Å²) >= 11 is 0. The third-order valence-electron chi connectivity index (χ3n) is 5.87. The van der Waals surface area contributed by atoms with Gasteiger partial charge in [0.15, 0.2) is 0 Å². The van der Waals surface area contributed by atoms with Crippen LogP contribution in [0.5, 0.6) is 0 Å². The van der Waals surface area contributed by atoms with Crippen molar-refractivity contribution in [3.8, 4) is 11.1 Å². The van der Waals surface area contributed by atoms with Crippen LogP contribution in [0, 0.1) is 0 Å². The molecular weight excluding hydrogens is 368 g/mol. The molecule has 1 saturated carbocycles. The zero-order valence-electron chi connectivity index (χ0n) is 15.9. The third kappa shape index (κ3) is 3.27. The summed E-state index contributed by atoms with van der Waals surface area (Å²) in [4.78, 5) is 12.3. The van der Waals surface area contributed by atoms with Gasteiger partial charge in [-0.25, -0.2) is 9.48 Å². The van der Waals surface area contributed by atoms with E-state index in [4.69, 9.17) is 9.84 Å². The van der Waals surface area contributed by atoms with Crippen molar-refractivity contribution in [1.82, 2.24) is 20.3 Å². The molecule has 1 amide bonds. The molecule has 5 rings (SSSR count). The molecule has 0 atom stereocenters. The minimum absolute atomic E-state index is 0.0642. The third-order valence-corrected chi connectivity index (χ3v) is 5.87. The molecule has 0 bridgehead atoms. The van der Waals surface area contributed by atoms with Gasteiger partial charge in [0, 0.05) is 12.0 Å². The highest BCUT2D eigenvalue weighted by atomic mass is 16.5. The van der Waals surface area contributed by atoms with Gasteiger partial charge >= 0.3 is 6.09 Å². The Labute approximate surface area is 168 Å². The number of alkyl carbamates (subject to hydrolysis) is 1. The normalized spacial score (nSPS) is 19.9. The van der Waals surface area contributed by atoms with Crippen LogP contribution >= 0.6 is 0 Å². The van der Waals surface area contributed by atoms with Crippen molar-refractivity contribution in [3.05, 3.63) is 71.5 Å². The van der Waals surface area contributed by atoms with Crippen molar-refractivity contribution in [2.75, 3.05) is 6.61 Å². The predicted molar refractivity (Wildman–Crippen MR) is 106 cm³/mol. The summed E-state index contributed by atoms with van der Waals surface area (Å²) in [6.45, 7) is 0.201. The van der Waals surface area contributed by atoms with E-state index in [2.05, 4.69) is 39.9 Å². The fraction of sp³-hybridized carbons (Fsp3) is 0.318. The maximum atomic E-state index is 12.3. The van der Waals surface area contributed by atoms with Crippen LogP contribution in [-0.4, -0.2) is 38.8 Å². The van der Waals surface area contributed by atoms with Crippen LogP contribution in [0.3, 0.4) is 0 Å². The first-order valence-corrected chi connectivity index (χ1v) is 9.86. The Balaban J connectivity index is 1.17. The molecule has 2 aromatic carbocycles. The molecule has 7 nitrogen and oxygen atoms in total. The summed E-state index contributed by atoms with van der Waals surface area (Å²) < 4.78 is 7.34. The number of rotatable bonds is 5. The molecule has 2 N–H and O–H groups in total. The summed E-state index contributed by atoms with van der Waals surface area (Å²) in [7, 11) is 0. The summed E-state index contributed by atoms with van der Waals surface area (Å²) in [5.74, 6) is 0.0642. The van der Waals surface area contributed by atoms with Crippen molar-refractivity contribution in [2.45, 2.75) is 37.5 Å². The highest BCUT2D eigenvalue weighted by Crippen LogP contribution is 2.44. The van der Waals surface area contributed by atoms with Crippen LogP contribution in [0.15, 0.2) is 54.7 Å². The minimum atomic E-state index is -0.384. The average molecular weight is 390 g/mol. The molecule has 1 heterocycles. The quantitative estimate of drug-likeness (QED) is 0.699. The molecule has 0 saturated heterocycles. The number of hydrogen-bond donors (Lipinski definition) is 2. The number of amides is 1. The van der Waals surface area contributed by atoms with E-state index in [-0.39, 0.29) is 30.7 Å². The smallest absolute Gasteiger partial charge is 0.407 e. The molecule has 2 aliphatic rings. The van der Waals surface area contributed by atoms with Crippen LogP contribution in [-0.2, 0) is 11.3 Å². The van der Waals surface area contributed by atoms with Crippen molar-refractivity contribution < 1.29 is 14.6 Å². The number of carbonyl (C=O) groups excluding carboxylic acids is 1. The van der Waals surface area contributed by atoms with E-state index in [0.29, 0.717) is 12.3 Å².